The quantitative estimate of drug-likeness (QED) is 0.724. The zero-order chi connectivity index (χ0) is 12.9. The first kappa shape index (κ1) is 14.0. The summed E-state index contributed by atoms with van der Waals surface area (Å²) in [4.78, 5) is 24.9. The first-order valence-electron chi connectivity index (χ1n) is 6.24. The van der Waals surface area contributed by atoms with E-state index in [1.807, 2.05) is 0 Å². The molecular weight excluding hydrogens is 220 g/mol. The van der Waals surface area contributed by atoms with Crippen molar-refractivity contribution in [2.24, 2.45) is 0 Å². The standard InChI is InChI=1S/C12H22N2O3/c1-3-12(2,11(16)17)13-10(15)6-9-14-7-4-5-8-14/h3-9H2,1-2H3,(H,13,15)(H,16,17). The Balaban J connectivity index is 2.34. The maximum atomic E-state index is 11.7. The van der Waals surface area contributed by atoms with Gasteiger partial charge in [-0.15, -0.1) is 0 Å². The second-order valence-corrected chi connectivity index (χ2v) is 4.84. The molecular formula is C12H22N2O3. The van der Waals surface area contributed by atoms with E-state index < -0.39 is 11.5 Å². The fourth-order valence-corrected chi connectivity index (χ4v) is 1.93. The average Bonchev–Trinajstić information content (AvgIpc) is 2.78. The molecule has 0 radical (unpaired) electrons. The highest BCUT2D eigenvalue weighted by Gasteiger charge is 2.32. The van der Waals surface area contributed by atoms with Gasteiger partial charge >= 0.3 is 5.97 Å². The molecule has 1 atom stereocenters. The van der Waals surface area contributed by atoms with Gasteiger partial charge in [-0.05, 0) is 39.3 Å². The van der Waals surface area contributed by atoms with E-state index in [1.54, 1.807) is 13.8 Å². The number of hydrogen-bond acceptors (Lipinski definition) is 3. The van der Waals surface area contributed by atoms with Crippen molar-refractivity contribution in [1.29, 1.82) is 0 Å². The largest absolute Gasteiger partial charge is 0.480 e. The number of hydrogen-bond donors (Lipinski definition) is 2. The fraction of sp³-hybridized carbons (Fsp3) is 0.833. The number of rotatable bonds is 6. The Morgan fingerprint density at radius 3 is 2.41 bits per heavy atom. The molecule has 0 aromatic rings. The van der Waals surface area contributed by atoms with Crippen molar-refractivity contribution in [3.8, 4) is 0 Å². The minimum Gasteiger partial charge on any atom is -0.480 e. The van der Waals surface area contributed by atoms with E-state index in [2.05, 4.69) is 10.2 Å². The Hall–Kier alpha value is -1.10. The number of likely N-dealkylation sites (tertiary alicyclic amines) is 1. The minimum atomic E-state index is -1.14. The molecule has 17 heavy (non-hydrogen) atoms. The lowest BCUT2D eigenvalue weighted by Crippen LogP contribution is -2.52. The molecule has 5 nitrogen and oxygen atoms in total. The third-order valence-corrected chi connectivity index (χ3v) is 3.45. The van der Waals surface area contributed by atoms with E-state index in [9.17, 15) is 9.59 Å². The predicted octanol–water partition coefficient (Wildman–Crippen LogP) is 0.842. The minimum absolute atomic E-state index is 0.177. The molecule has 5 heteroatoms. The van der Waals surface area contributed by atoms with Crippen LogP contribution in [-0.4, -0.2) is 47.1 Å². The van der Waals surface area contributed by atoms with Crippen LogP contribution in [-0.2, 0) is 9.59 Å². The second-order valence-electron chi connectivity index (χ2n) is 4.84. The van der Waals surface area contributed by atoms with E-state index in [4.69, 9.17) is 5.11 Å². The number of amides is 1. The molecule has 1 aliphatic heterocycles. The van der Waals surface area contributed by atoms with E-state index in [0.717, 1.165) is 19.6 Å². The van der Waals surface area contributed by atoms with E-state index in [1.165, 1.54) is 12.8 Å². The van der Waals surface area contributed by atoms with Crippen LogP contribution in [0.1, 0.15) is 39.5 Å². The second kappa shape index (κ2) is 6.00. The number of carboxylic acids is 1. The Labute approximate surface area is 102 Å². The summed E-state index contributed by atoms with van der Waals surface area (Å²) in [7, 11) is 0. The van der Waals surface area contributed by atoms with Crippen molar-refractivity contribution in [2.45, 2.75) is 45.1 Å². The monoisotopic (exact) mass is 242 g/mol. The molecule has 0 aromatic heterocycles. The predicted molar refractivity (Wildman–Crippen MR) is 64.8 cm³/mol. The van der Waals surface area contributed by atoms with Crippen LogP contribution in [0.2, 0.25) is 0 Å². The highest BCUT2D eigenvalue weighted by Crippen LogP contribution is 2.11. The van der Waals surface area contributed by atoms with Gasteiger partial charge in [0.15, 0.2) is 0 Å². The molecule has 1 unspecified atom stereocenters. The average molecular weight is 242 g/mol. The lowest BCUT2D eigenvalue weighted by atomic mass is 9.99. The normalized spacial score (nSPS) is 19.9. The molecule has 0 aromatic carbocycles. The van der Waals surface area contributed by atoms with Gasteiger partial charge in [-0.25, -0.2) is 4.79 Å². The van der Waals surface area contributed by atoms with Crippen molar-refractivity contribution < 1.29 is 14.7 Å². The van der Waals surface area contributed by atoms with Crippen molar-refractivity contribution in [3.63, 3.8) is 0 Å². The molecule has 0 spiro atoms. The SMILES string of the molecule is CCC(C)(NC(=O)CCN1CCCC1)C(=O)O. The maximum Gasteiger partial charge on any atom is 0.329 e. The van der Waals surface area contributed by atoms with E-state index in [-0.39, 0.29) is 5.91 Å². The van der Waals surface area contributed by atoms with Crippen molar-refractivity contribution in [3.05, 3.63) is 0 Å². The van der Waals surface area contributed by atoms with Gasteiger partial charge in [-0.1, -0.05) is 6.92 Å². The smallest absolute Gasteiger partial charge is 0.329 e. The Kier molecular flexibility index (Phi) is 4.93. The Morgan fingerprint density at radius 2 is 1.94 bits per heavy atom. The summed E-state index contributed by atoms with van der Waals surface area (Å²) in [5, 5.41) is 11.6. The summed E-state index contributed by atoms with van der Waals surface area (Å²) in [6, 6.07) is 0. The first-order valence-corrected chi connectivity index (χ1v) is 6.24. The summed E-state index contributed by atoms with van der Waals surface area (Å²) in [6.07, 6.45) is 3.16. The molecule has 0 bridgehead atoms. The summed E-state index contributed by atoms with van der Waals surface area (Å²) in [6.45, 7) is 6.14. The Morgan fingerprint density at radius 1 is 1.35 bits per heavy atom. The van der Waals surface area contributed by atoms with Crippen LogP contribution in [0.5, 0.6) is 0 Å². The topological polar surface area (TPSA) is 69.6 Å². The van der Waals surface area contributed by atoms with Gasteiger partial charge < -0.3 is 15.3 Å². The number of nitrogens with one attached hydrogen (secondary N) is 1. The summed E-state index contributed by atoms with van der Waals surface area (Å²) in [5.74, 6) is -1.15. The molecule has 1 aliphatic rings. The summed E-state index contributed by atoms with van der Waals surface area (Å²) >= 11 is 0. The van der Waals surface area contributed by atoms with Crippen molar-refractivity contribution in [2.75, 3.05) is 19.6 Å². The lowest BCUT2D eigenvalue weighted by Gasteiger charge is -2.25. The van der Waals surface area contributed by atoms with Crippen LogP contribution in [0, 0.1) is 0 Å². The zero-order valence-electron chi connectivity index (χ0n) is 10.7. The third kappa shape index (κ3) is 4.00. The van der Waals surface area contributed by atoms with Gasteiger partial charge in [-0.2, -0.15) is 0 Å². The number of aliphatic carboxylic acids is 1. The molecule has 1 fully saturated rings. The summed E-state index contributed by atoms with van der Waals surface area (Å²) < 4.78 is 0. The number of carbonyl (C=O) groups is 2. The van der Waals surface area contributed by atoms with Crippen LogP contribution < -0.4 is 5.32 Å². The van der Waals surface area contributed by atoms with Crippen LogP contribution in [0.15, 0.2) is 0 Å². The Bertz CT molecular complexity index is 287. The molecule has 0 saturated carbocycles. The van der Waals surface area contributed by atoms with Crippen molar-refractivity contribution >= 4 is 11.9 Å². The van der Waals surface area contributed by atoms with E-state index >= 15 is 0 Å². The zero-order valence-corrected chi connectivity index (χ0v) is 10.7. The van der Waals surface area contributed by atoms with Crippen LogP contribution >= 0.6 is 0 Å². The van der Waals surface area contributed by atoms with Crippen molar-refractivity contribution in [1.82, 2.24) is 10.2 Å². The number of nitrogens with zero attached hydrogens (tertiary/aromatic N) is 1. The molecule has 2 N–H and O–H groups in total. The highest BCUT2D eigenvalue weighted by atomic mass is 16.4. The van der Waals surface area contributed by atoms with Crippen LogP contribution in [0.25, 0.3) is 0 Å². The molecule has 98 valence electrons. The third-order valence-electron chi connectivity index (χ3n) is 3.45. The molecule has 1 saturated heterocycles. The van der Waals surface area contributed by atoms with Gasteiger partial charge in [0.2, 0.25) is 5.91 Å². The lowest BCUT2D eigenvalue weighted by molar-refractivity contribution is -0.147. The fourth-order valence-electron chi connectivity index (χ4n) is 1.93. The van der Waals surface area contributed by atoms with Gasteiger partial charge in [0.25, 0.3) is 0 Å². The highest BCUT2D eigenvalue weighted by molar-refractivity contribution is 5.86. The number of carbonyl (C=O) groups excluding carboxylic acids is 1. The van der Waals surface area contributed by atoms with Gasteiger partial charge in [0, 0.05) is 13.0 Å². The van der Waals surface area contributed by atoms with Gasteiger partial charge in [0.05, 0.1) is 0 Å². The van der Waals surface area contributed by atoms with Gasteiger partial charge in [-0.3, -0.25) is 4.79 Å². The molecule has 0 aliphatic carbocycles. The number of carboxylic acid groups (broad SMARTS) is 1. The van der Waals surface area contributed by atoms with E-state index in [0.29, 0.717) is 12.8 Å². The maximum absolute atomic E-state index is 11.7. The molecule has 1 rings (SSSR count). The molecule has 1 amide bonds. The first-order chi connectivity index (χ1) is 7.98. The van der Waals surface area contributed by atoms with Gasteiger partial charge in [0.1, 0.15) is 5.54 Å². The summed E-state index contributed by atoms with van der Waals surface area (Å²) in [5.41, 5.74) is -1.14. The van der Waals surface area contributed by atoms with Crippen LogP contribution in [0.3, 0.4) is 0 Å². The van der Waals surface area contributed by atoms with Crippen LogP contribution in [0.4, 0.5) is 0 Å². The molecule has 1 heterocycles.